The summed E-state index contributed by atoms with van der Waals surface area (Å²) < 4.78 is 97.0. The number of urea groups is 1. The fourth-order valence-corrected chi connectivity index (χ4v) is 6.00. The number of nitrogens with zero attached hydrogens (tertiary/aromatic N) is 2. The lowest BCUT2D eigenvalue weighted by Crippen LogP contribution is -2.47. The lowest BCUT2D eigenvalue weighted by molar-refractivity contribution is -0.143. The Hall–Kier alpha value is -3.98. The van der Waals surface area contributed by atoms with Gasteiger partial charge in [-0.05, 0) is 74.2 Å². The van der Waals surface area contributed by atoms with Crippen LogP contribution in [-0.4, -0.2) is 68.3 Å². The number of hydrogen-bond donors (Lipinski definition) is 1. The first-order chi connectivity index (χ1) is 22.2. The van der Waals surface area contributed by atoms with Gasteiger partial charge >= 0.3 is 18.4 Å². The average Bonchev–Trinajstić information content (AvgIpc) is 3.68. The molecule has 0 spiro atoms. The molecule has 0 bridgehead atoms. The van der Waals surface area contributed by atoms with Crippen LogP contribution in [0.2, 0.25) is 0 Å². The Morgan fingerprint density at radius 1 is 0.936 bits per heavy atom. The minimum absolute atomic E-state index is 0.0219. The minimum atomic E-state index is -5.09. The zero-order valence-corrected chi connectivity index (χ0v) is 26.8. The number of nitrogens with one attached hydrogen (secondary N) is 1. The second kappa shape index (κ2) is 15.3. The van der Waals surface area contributed by atoms with Crippen LogP contribution < -0.4 is 14.8 Å². The van der Waals surface area contributed by atoms with Crippen molar-refractivity contribution in [3.63, 3.8) is 0 Å². The van der Waals surface area contributed by atoms with Crippen LogP contribution in [0.5, 0.6) is 11.5 Å². The molecular weight excluding hydrogens is 652 g/mol. The molecule has 1 unspecified atom stereocenters. The van der Waals surface area contributed by atoms with Gasteiger partial charge in [0.2, 0.25) is 5.91 Å². The maximum Gasteiger partial charge on any atom is 0.416 e. The molecule has 8 nitrogen and oxygen atoms in total. The quantitative estimate of drug-likeness (QED) is 0.201. The van der Waals surface area contributed by atoms with Crippen LogP contribution in [0.1, 0.15) is 39.3 Å². The van der Waals surface area contributed by atoms with Gasteiger partial charge < -0.3 is 29.3 Å². The Bertz CT molecular complexity index is 1510. The predicted octanol–water partition coefficient (Wildman–Crippen LogP) is 7.40. The zero-order valence-electron chi connectivity index (χ0n) is 26.0. The summed E-state index contributed by atoms with van der Waals surface area (Å²) in [6.45, 7) is 2.23. The number of carbonyl (C=O) groups is 2. The van der Waals surface area contributed by atoms with Gasteiger partial charge in [-0.15, -0.1) is 11.3 Å². The Morgan fingerprint density at radius 3 is 2.17 bits per heavy atom. The highest BCUT2D eigenvalue weighted by molar-refractivity contribution is 7.11. The van der Waals surface area contributed by atoms with Gasteiger partial charge in [0.25, 0.3) is 0 Å². The molecule has 1 aromatic heterocycles. The van der Waals surface area contributed by atoms with Gasteiger partial charge in [-0.1, -0.05) is 6.07 Å². The third kappa shape index (κ3) is 10.0. The van der Waals surface area contributed by atoms with Crippen LogP contribution in [0.25, 0.3) is 0 Å². The number of carbonyl (C=O) groups excluding carboxylic acids is 2. The van der Waals surface area contributed by atoms with Crippen molar-refractivity contribution < 1.29 is 50.1 Å². The van der Waals surface area contributed by atoms with E-state index in [0.717, 1.165) is 20.2 Å². The molecule has 2 heterocycles. The number of amides is 3. The summed E-state index contributed by atoms with van der Waals surface area (Å²) in [5.41, 5.74) is -3.00. The first-order valence-electron chi connectivity index (χ1n) is 14.7. The van der Waals surface area contributed by atoms with Crippen LogP contribution in [0.3, 0.4) is 0 Å². The number of hydrogen-bond acceptors (Lipinski definition) is 6. The summed E-state index contributed by atoms with van der Waals surface area (Å²) in [7, 11) is 3.02. The highest BCUT2D eigenvalue weighted by Gasteiger charge is 2.37. The number of ether oxygens (including phenoxy) is 3. The highest BCUT2D eigenvalue weighted by atomic mass is 32.1. The summed E-state index contributed by atoms with van der Waals surface area (Å²) in [4.78, 5) is 31.8. The molecule has 0 radical (unpaired) electrons. The van der Waals surface area contributed by atoms with Gasteiger partial charge in [-0.3, -0.25) is 4.79 Å². The van der Waals surface area contributed by atoms with E-state index in [9.17, 15) is 35.9 Å². The number of halogens is 6. The minimum Gasteiger partial charge on any atom is -0.493 e. The van der Waals surface area contributed by atoms with Gasteiger partial charge in [0, 0.05) is 35.1 Å². The van der Waals surface area contributed by atoms with Crippen molar-refractivity contribution in [1.82, 2.24) is 9.80 Å². The standard InChI is InChI=1S/C32H35F6N3O5S/c1-20-6-8-26(47-20)18-40(11-10-21-7-9-27(44-2)28(13-21)45-3)29(42)19-41(17-25-5-4-12-46-25)30(43)39-24-15-22(31(33,34)35)14-23(16-24)32(36,37)38/h6-9,13-16,25H,4-5,10-12,17-19H2,1-3H3,(H,39,43). The predicted molar refractivity (Wildman–Crippen MR) is 164 cm³/mol. The molecule has 1 N–H and O–H groups in total. The van der Waals surface area contributed by atoms with Crippen molar-refractivity contribution >= 4 is 29.0 Å². The fourth-order valence-electron chi connectivity index (χ4n) is 5.10. The van der Waals surface area contributed by atoms with Crippen LogP contribution in [0, 0.1) is 6.92 Å². The average molecular weight is 688 g/mol. The van der Waals surface area contributed by atoms with Crippen molar-refractivity contribution in [3.8, 4) is 11.5 Å². The van der Waals surface area contributed by atoms with Gasteiger partial charge in [-0.2, -0.15) is 26.3 Å². The zero-order chi connectivity index (χ0) is 34.4. The number of benzene rings is 2. The Labute approximate surface area is 272 Å². The first-order valence-corrected chi connectivity index (χ1v) is 15.5. The number of thiophene rings is 1. The Kier molecular flexibility index (Phi) is 11.7. The number of methoxy groups -OCH3 is 2. The van der Waals surface area contributed by atoms with E-state index < -0.39 is 53.8 Å². The third-order valence-electron chi connectivity index (χ3n) is 7.51. The Balaban J connectivity index is 1.58. The molecule has 1 atom stereocenters. The molecule has 0 saturated carbocycles. The molecule has 1 fully saturated rings. The molecule has 3 amide bonds. The maximum atomic E-state index is 13.8. The van der Waals surface area contributed by atoms with E-state index in [0.29, 0.717) is 49.5 Å². The summed E-state index contributed by atoms with van der Waals surface area (Å²) in [5, 5.41) is 2.16. The van der Waals surface area contributed by atoms with E-state index in [2.05, 4.69) is 5.32 Å². The maximum absolute atomic E-state index is 13.8. The van der Waals surface area contributed by atoms with E-state index >= 15 is 0 Å². The smallest absolute Gasteiger partial charge is 0.416 e. The number of anilines is 1. The van der Waals surface area contributed by atoms with Crippen molar-refractivity contribution in [1.29, 1.82) is 0 Å². The number of rotatable bonds is 12. The number of aryl methyl sites for hydroxylation is 1. The van der Waals surface area contributed by atoms with E-state index in [-0.39, 0.29) is 25.7 Å². The summed E-state index contributed by atoms with van der Waals surface area (Å²) in [5.74, 6) is 0.585. The lowest BCUT2D eigenvalue weighted by atomic mass is 10.1. The molecule has 15 heteroatoms. The fraction of sp³-hybridized carbons (Fsp3) is 0.438. The largest absolute Gasteiger partial charge is 0.493 e. The second-order valence-electron chi connectivity index (χ2n) is 11.0. The van der Waals surface area contributed by atoms with Gasteiger partial charge in [0.15, 0.2) is 11.5 Å². The first kappa shape index (κ1) is 35.9. The van der Waals surface area contributed by atoms with E-state index in [1.54, 1.807) is 17.0 Å². The lowest BCUT2D eigenvalue weighted by Gasteiger charge is -2.29. The molecular formula is C32H35F6N3O5S. The van der Waals surface area contributed by atoms with Gasteiger partial charge in [0.1, 0.15) is 6.54 Å². The molecule has 2 aromatic carbocycles. The normalized spacial score (nSPS) is 15.0. The van der Waals surface area contributed by atoms with E-state index in [1.165, 1.54) is 25.6 Å². The Morgan fingerprint density at radius 2 is 1.62 bits per heavy atom. The molecule has 1 saturated heterocycles. The molecule has 1 aliphatic heterocycles. The number of alkyl halides is 6. The molecule has 4 rings (SSSR count). The SMILES string of the molecule is COc1ccc(CCN(Cc2ccc(C)s2)C(=O)CN(CC2CCCO2)C(=O)Nc2cc(C(F)(F)F)cc(C(F)(F)F)c2)cc1OC. The summed E-state index contributed by atoms with van der Waals surface area (Å²) >= 11 is 1.50. The van der Waals surface area contributed by atoms with E-state index in [1.807, 2.05) is 25.1 Å². The van der Waals surface area contributed by atoms with Crippen LogP contribution >= 0.6 is 11.3 Å². The molecule has 47 heavy (non-hydrogen) atoms. The third-order valence-corrected chi connectivity index (χ3v) is 8.50. The molecule has 3 aromatic rings. The molecule has 0 aliphatic carbocycles. The van der Waals surface area contributed by atoms with Crippen LogP contribution in [0.15, 0.2) is 48.5 Å². The second-order valence-corrected chi connectivity index (χ2v) is 12.4. The summed E-state index contributed by atoms with van der Waals surface area (Å²) in [6, 6.07) is 8.96. The van der Waals surface area contributed by atoms with Crippen molar-refractivity contribution in [3.05, 3.63) is 75.0 Å². The monoisotopic (exact) mass is 687 g/mol. The van der Waals surface area contributed by atoms with Crippen molar-refractivity contribution in [2.24, 2.45) is 0 Å². The van der Waals surface area contributed by atoms with Gasteiger partial charge in [0.05, 0.1) is 38.0 Å². The van der Waals surface area contributed by atoms with E-state index in [4.69, 9.17) is 14.2 Å². The molecule has 1 aliphatic rings. The topological polar surface area (TPSA) is 80.3 Å². The van der Waals surface area contributed by atoms with Crippen LogP contribution in [-0.2, 0) is 34.8 Å². The van der Waals surface area contributed by atoms with Gasteiger partial charge in [-0.25, -0.2) is 4.79 Å². The van der Waals surface area contributed by atoms with Crippen molar-refractivity contribution in [2.75, 3.05) is 45.8 Å². The highest BCUT2D eigenvalue weighted by Crippen LogP contribution is 2.37. The van der Waals surface area contributed by atoms with Crippen molar-refractivity contribution in [2.45, 2.75) is 51.2 Å². The molecule has 256 valence electrons. The van der Waals surface area contributed by atoms with Crippen LogP contribution in [0.4, 0.5) is 36.8 Å². The summed E-state index contributed by atoms with van der Waals surface area (Å²) in [6.07, 6.45) is -8.96.